The predicted molar refractivity (Wildman–Crippen MR) is 47.6 cm³/mol. The van der Waals surface area contributed by atoms with E-state index in [-0.39, 0.29) is 5.69 Å². The molecule has 0 bridgehead atoms. The van der Waals surface area contributed by atoms with Crippen molar-refractivity contribution in [3.8, 4) is 0 Å². The Morgan fingerprint density at radius 3 is 3.08 bits per heavy atom. The number of carboxylic acids is 1. The standard InChI is InChI=1S/C7H10N2O2S/c1-12-3-2-9-4-6(7(10)11)8-5-9/h4-5H,2-3H2,1H3,(H,10,11). The van der Waals surface area contributed by atoms with E-state index in [4.69, 9.17) is 5.11 Å². The molecule has 0 saturated carbocycles. The van der Waals surface area contributed by atoms with Gasteiger partial charge < -0.3 is 9.67 Å². The Labute approximate surface area is 74.6 Å². The van der Waals surface area contributed by atoms with Crippen molar-refractivity contribution < 1.29 is 9.90 Å². The smallest absolute Gasteiger partial charge is 0.356 e. The van der Waals surface area contributed by atoms with E-state index in [0.29, 0.717) is 0 Å². The fraction of sp³-hybridized carbons (Fsp3) is 0.429. The lowest BCUT2D eigenvalue weighted by Gasteiger charge is -1.96. The number of imidazole rings is 1. The number of hydrogen-bond donors (Lipinski definition) is 1. The average molecular weight is 186 g/mol. The van der Waals surface area contributed by atoms with E-state index >= 15 is 0 Å². The van der Waals surface area contributed by atoms with Crippen LogP contribution in [0.15, 0.2) is 12.5 Å². The fourth-order valence-electron chi connectivity index (χ4n) is 0.790. The van der Waals surface area contributed by atoms with Crippen LogP contribution in [0.2, 0.25) is 0 Å². The lowest BCUT2D eigenvalue weighted by atomic mass is 10.5. The molecule has 1 aromatic rings. The number of aryl methyl sites for hydroxylation is 1. The van der Waals surface area contributed by atoms with Gasteiger partial charge >= 0.3 is 5.97 Å². The summed E-state index contributed by atoms with van der Waals surface area (Å²) < 4.78 is 1.78. The van der Waals surface area contributed by atoms with Crippen molar-refractivity contribution in [1.82, 2.24) is 9.55 Å². The summed E-state index contributed by atoms with van der Waals surface area (Å²) in [4.78, 5) is 14.1. The summed E-state index contributed by atoms with van der Waals surface area (Å²) in [5, 5.41) is 8.54. The number of carbonyl (C=O) groups is 1. The molecule has 66 valence electrons. The van der Waals surface area contributed by atoms with E-state index in [9.17, 15) is 4.79 Å². The first-order valence-corrected chi connectivity index (χ1v) is 4.87. The molecule has 0 amide bonds. The van der Waals surface area contributed by atoms with Crippen LogP contribution >= 0.6 is 11.8 Å². The molecule has 12 heavy (non-hydrogen) atoms. The minimum Gasteiger partial charge on any atom is -0.476 e. The molecule has 1 heterocycles. The zero-order chi connectivity index (χ0) is 8.97. The highest BCUT2D eigenvalue weighted by Crippen LogP contribution is 1.99. The van der Waals surface area contributed by atoms with Crippen LogP contribution in [0.25, 0.3) is 0 Å². The molecule has 1 rings (SSSR count). The van der Waals surface area contributed by atoms with E-state index in [1.165, 1.54) is 0 Å². The van der Waals surface area contributed by atoms with Crippen LogP contribution in [0, 0.1) is 0 Å². The quantitative estimate of drug-likeness (QED) is 0.760. The number of aromatic nitrogens is 2. The molecule has 0 atom stereocenters. The second-order valence-electron chi connectivity index (χ2n) is 2.29. The monoisotopic (exact) mass is 186 g/mol. The van der Waals surface area contributed by atoms with Gasteiger partial charge in [0.1, 0.15) is 0 Å². The third-order valence-electron chi connectivity index (χ3n) is 1.41. The van der Waals surface area contributed by atoms with Crippen molar-refractivity contribution in [2.24, 2.45) is 0 Å². The zero-order valence-corrected chi connectivity index (χ0v) is 7.54. The maximum Gasteiger partial charge on any atom is 0.356 e. The van der Waals surface area contributed by atoms with Gasteiger partial charge in [-0.2, -0.15) is 11.8 Å². The molecule has 0 aliphatic heterocycles. The van der Waals surface area contributed by atoms with E-state index < -0.39 is 5.97 Å². The van der Waals surface area contributed by atoms with Crippen LogP contribution in [0.5, 0.6) is 0 Å². The Hall–Kier alpha value is -0.970. The summed E-state index contributed by atoms with van der Waals surface area (Å²) in [5.41, 5.74) is 0.108. The minimum atomic E-state index is -0.974. The van der Waals surface area contributed by atoms with Crippen LogP contribution in [0.1, 0.15) is 10.5 Å². The third-order valence-corrected chi connectivity index (χ3v) is 2.00. The molecule has 0 aromatic carbocycles. The summed E-state index contributed by atoms with van der Waals surface area (Å²) in [6.07, 6.45) is 5.09. The van der Waals surface area contributed by atoms with Gasteiger partial charge in [0.25, 0.3) is 0 Å². The second-order valence-corrected chi connectivity index (χ2v) is 3.28. The highest BCUT2D eigenvalue weighted by molar-refractivity contribution is 7.98. The lowest BCUT2D eigenvalue weighted by molar-refractivity contribution is 0.0691. The Bertz CT molecular complexity index is 272. The van der Waals surface area contributed by atoms with Crippen LogP contribution in [-0.2, 0) is 6.54 Å². The van der Waals surface area contributed by atoms with Gasteiger partial charge in [-0.3, -0.25) is 0 Å². The molecule has 5 heteroatoms. The number of carboxylic acid groups (broad SMARTS) is 1. The van der Waals surface area contributed by atoms with Gasteiger partial charge in [0, 0.05) is 18.5 Å². The van der Waals surface area contributed by atoms with E-state index in [1.807, 2.05) is 6.26 Å². The summed E-state index contributed by atoms with van der Waals surface area (Å²) in [6, 6.07) is 0. The molecule has 4 nitrogen and oxygen atoms in total. The van der Waals surface area contributed by atoms with Gasteiger partial charge in [-0.1, -0.05) is 0 Å². The number of rotatable bonds is 4. The molecule has 0 aliphatic carbocycles. The predicted octanol–water partition coefficient (Wildman–Crippen LogP) is 0.944. The van der Waals surface area contributed by atoms with Gasteiger partial charge in [0.05, 0.1) is 6.33 Å². The summed E-state index contributed by atoms with van der Waals surface area (Å²) in [7, 11) is 0. The van der Waals surface area contributed by atoms with Crippen LogP contribution in [-0.4, -0.2) is 32.6 Å². The van der Waals surface area contributed by atoms with Crippen molar-refractivity contribution in [2.45, 2.75) is 6.54 Å². The van der Waals surface area contributed by atoms with Gasteiger partial charge in [-0.15, -0.1) is 0 Å². The van der Waals surface area contributed by atoms with E-state index in [1.54, 1.807) is 28.9 Å². The molecule has 0 aliphatic rings. The van der Waals surface area contributed by atoms with Crippen molar-refractivity contribution in [3.05, 3.63) is 18.2 Å². The van der Waals surface area contributed by atoms with Crippen LogP contribution in [0.3, 0.4) is 0 Å². The fourth-order valence-corrected chi connectivity index (χ4v) is 1.18. The summed E-state index contributed by atoms with van der Waals surface area (Å²) in [5.74, 6) is -0.00649. The highest BCUT2D eigenvalue weighted by Gasteiger charge is 2.05. The number of nitrogens with zero attached hydrogens (tertiary/aromatic N) is 2. The molecule has 0 radical (unpaired) electrons. The molecule has 1 aromatic heterocycles. The number of thioether (sulfide) groups is 1. The first-order valence-electron chi connectivity index (χ1n) is 3.48. The second kappa shape index (κ2) is 4.15. The van der Waals surface area contributed by atoms with Crippen LogP contribution < -0.4 is 0 Å². The Balaban J connectivity index is 2.58. The molecule has 0 spiro atoms. The highest BCUT2D eigenvalue weighted by atomic mass is 32.2. The number of aromatic carboxylic acids is 1. The Morgan fingerprint density at radius 1 is 1.83 bits per heavy atom. The van der Waals surface area contributed by atoms with Gasteiger partial charge in [0.15, 0.2) is 5.69 Å². The molecule has 0 unspecified atom stereocenters. The number of hydrogen-bond acceptors (Lipinski definition) is 3. The molecular weight excluding hydrogens is 176 g/mol. The van der Waals surface area contributed by atoms with Gasteiger partial charge in [-0.25, -0.2) is 9.78 Å². The van der Waals surface area contributed by atoms with Gasteiger partial charge in [-0.05, 0) is 6.26 Å². The van der Waals surface area contributed by atoms with Gasteiger partial charge in [0.2, 0.25) is 0 Å². The van der Waals surface area contributed by atoms with Crippen molar-refractivity contribution >= 4 is 17.7 Å². The largest absolute Gasteiger partial charge is 0.476 e. The average Bonchev–Trinajstić information content (AvgIpc) is 2.48. The van der Waals surface area contributed by atoms with Crippen molar-refractivity contribution in [3.63, 3.8) is 0 Å². The normalized spacial score (nSPS) is 10.1. The summed E-state index contributed by atoms with van der Waals surface area (Å²) >= 11 is 1.72. The maximum atomic E-state index is 10.4. The lowest BCUT2D eigenvalue weighted by Crippen LogP contribution is -1.98. The SMILES string of the molecule is CSCCn1cnc(C(=O)O)c1. The molecule has 0 fully saturated rings. The Morgan fingerprint density at radius 2 is 2.58 bits per heavy atom. The first kappa shape index (κ1) is 9.12. The minimum absolute atomic E-state index is 0.108. The first-order chi connectivity index (χ1) is 5.74. The topological polar surface area (TPSA) is 55.1 Å². The summed E-state index contributed by atoms with van der Waals surface area (Å²) in [6.45, 7) is 0.807. The van der Waals surface area contributed by atoms with E-state index in [2.05, 4.69) is 4.98 Å². The van der Waals surface area contributed by atoms with Crippen molar-refractivity contribution in [1.29, 1.82) is 0 Å². The molecule has 0 saturated heterocycles. The maximum absolute atomic E-state index is 10.4. The molecule has 1 N–H and O–H groups in total. The Kier molecular flexibility index (Phi) is 3.16. The zero-order valence-electron chi connectivity index (χ0n) is 6.73. The molecular formula is C7H10N2O2S. The van der Waals surface area contributed by atoms with Crippen molar-refractivity contribution in [2.75, 3.05) is 12.0 Å². The van der Waals surface area contributed by atoms with E-state index in [0.717, 1.165) is 12.3 Å². The third kappa shape index (κ3) is 2.27. The van der Waals surface area contributed by atoms with Crippen LogP contribution in [0.4, 0.5) is 0 Å².